The SMILES string of the molecule is CC(C)(C)c1cc(C(=O)O)cc(NCC2(O)CCOC2)n1. The van der Waals surface area contributed by atoms with Gasteiger partial charge >= 0.3 is 5.97 Å². The Morgan fingerprint density at radius 1 is 1.48 bits per heavy atom. The van der Waals surface area contributed by atoms with Crippen molar-refractivity contribution in [3.63, 3.8) is 0 Å². The van der Waals surface area contributed by atoms with Gasteiger partial charge in [0.2, 0.25) is 0 Å². The van der Waals surface area contributed by atoms with Crippen LogP contribution in [0.25, 0.3) is 0 Å². The molecule has 1 atom stereocenters. The number of pyridine rings is 1. The van der Waals surface area contributed by atoms with Crippen LogP contribution < -0.4 is 5.32 Å². The van der Waals surface area contributed by atoms with Crippen molar-refractivity contribution in [2.45, 2.75) is 38.2 Å². The molecule has 1 aliphatic heterocycles. The van der Waals surface area contributed by atoms with E-state index < -0.39 is 11.6 Å². The Hall–Kier alpha value is -1.66. The molecule has 6 nitrogen and oxygen atoms in total. The first-order chi connectivity index (χ1) is 9.70. The van der Waals surface area contributed by atoms with E-state index in [1.807, 2.05) is 20.8 Å². The van der Waals surface area contributed by atoms with Crippen LogP contribution in [0.5, 0.6) is 0 Å². The molecule has 1 fully saturated rings. The second kappa shape index (κ2) is 5.61. The Morgan fingerprint density at radius 2 is 2.19 bits per heavy atom. The van der Waals surface area contributed by atoms with Crippen LogP contribution in [0.2, 0.25) is 0 Å². The van der Waals surface area contributed by atoms with Crippen molar-refractivity contribution in [3.8, 4) is 0 Å². The molecule has 1 aromatic heterocycles. The minimum Gasteiger partial charge on any atom is -0.478 e. The maximum atomic E-state index is 11.2. The average Bonchev–Trinajstić information content (AvgIpc) is 2.82. The predicted molar refractivity (Wildman–Crippen MR) is 78.8 cm³/mol. The summed E-state index contributed by atoms with van der Waals surface area (Å²) in [7, 11) is 0. The zero-order valence-corrected chi connectivity index (χ0v) is 12.6. The summed E-state index contributed by atoms with van der Waals surface area (Å²) in [5.41, 5.74) is -0.287. The number of hydrogen-bond acceptors (Lipinski definition) is 5. The van der Waals surface area contributed by atoms with Crippen LogP contribution in [0, 0.1) is 0 Å². The van der Waals surface area contributed by atoms with Gasteiger partial charge in [-0.05, 0) is 12.1 Å². The molecule has 1 aliphatic rings. The summed E-state index contributed by atoms with van der Waals surface area (Å²) in [6.45, 7) is 7.03. The first-order valence-electron chi connectivity index (χ1n) is 6.99. The Kier molecular flexibility index (Phi) is 4.20. The quantitative estimate of drug-likeness (QED) is 0.782. The molecular weight excluding hydrogens is 272 g/mol. The summed E-state index contributed by atoms with van der Waals surface area (Å²) in [5, 5.41) is 22.5. The third kappa shape index (κ3) is 3.92. The summed E-state index contributed by atoms with van der Waals surface area (Å²) in [6, 6.07) is 3.07. The van der Waals surface area contributed by atoms with E-state index in [9.17, 15) is 15.0 Å². The summed E-state index contributed by atoms with van der Waals surface area (Å²) in [6.07, 6.45) is 0.560. The number of nitrogens with zero attached hydrogens (tertiary/aromatic N) is 1. The summed E-state index contributed by atoms with van der Waals surface area (Å²) >= 11 is 0. The van der Waals surface area contributed by atoms with Gasteiger partial charge in [-0.15, -0.1) is 0 Å². The zero-order valence-electron chi connectivity index (χ0n) is 12.6. The van der Waals surface area contributed by atoms with Crippen LogP contribution in [-0.4, -0.2) is 46.5 Å². The van der Waals surface area contributed by atoms with Crippen LogP contribution in [0.3, 0.4) is 0 Å². The fourth-order valence-corrected chi connectivity index (χ4v) is 2.12. The Balaban J connectivity index is 2.22. The van der Waals surface area contributed by atoms with Crippen molar-refractivity contribution < 1.29 is 19.7 Å². The number of rotatable bonds is 4. The van der Waals surface area contributed by atoms with Gasteiger partial charge in [0.1, 0.15) is 11.4 Å². The average molecular weight is 294 g/mol. The maximum Gasteiger partial charge on any atom is 0.335 e. The fraction of sp³-hybridized carbons (Fsp3) is 0.600. The fourth-order valence-electron chi connectivity index (χ4n) is 2.12. The smallest absolute Gasteiger partial charge is 0.335 e. The molecule has 0 amide bonds. The number of carboxylic acid groups (broad SMARTS) is 1. The highest BCUT2D eigenvalue weighted by Crippen LogP contribution is 2.24. The molecule has 0 aliphatic carbocycles. The number of ether oxygens (including phenoxy) is 1. The molecular formula is C15H22N2O4. The van der Waals surface area contributed by atoms with Crippen LogP contribution in [0.1, 0.15) is 43.2 Å². The third-order valence-corrected chi connectivity index (χ3v) is 3.52. The largest absolute Gasteiger partial charge is 0.478 e. The van der Waals surface area contributed by atoms with Gasteiger partial charge in [0.25, 0.3) is 0 Å². The second-order valence-electron chi connectivity index (χ2n) is 6.56. The number of aromatic nitrogens is 1. The van der Waals surface area contributed by atoms with Crippen molar-refractivity contribution in [1.29, 1.82) is 0 Å². The van der Waals surface area contributed by atoms with Crippen LogP contribution >= 0.6 is 0 Å². The van der Waals surface area contributed by atoms with Gasteiger partial charge < -0.3 is 20.3 Å². The number of carboxylic acids is 1. The Labute approximate surface area is 124 Å². The minimum atomic E-state index is -0.992. The summed E-state index contributed by atoms with van der Waals surface area (Å²) < 4.78 is 5.18. The molecule has 2 heterocycles. The topological polar surface area (TPSA) is 91.7 Å². The summed E-state index contributed by atoms with van der Waals surface area (Å²) in [5.74, 6) is -0.533. The van der Waals surface area contributed by atoms with E-state index in [-0.39, 0.29) is 24.1 Å². The molecule has 1 saturated heterocycles. The van der Waals surface area contributed by atoms with Crippen molar-refractivity contribution in [3.05, 3.63) is 23.4 Å². The third-order valence-electron chi connectivity index (χ3n) is 3.52. The molecule has 116 valence electrons. The number of hydrogen-bond donors (Lipinski definition) is 3. The Bertz CT molecular complexity index is 531. The van der Waals surface area contributed by atoms with E-state index in [0.29, 0.717) is 24.5 Å². The molecule has 0 spiro atoms. The van der Waals surface area contributed by atoms with Gasteiger partial charge in [0, 0.05) is 30.7 Å². The first-order valence-corrected chi connectivity index (χ1v) is 6.99. The van der Waals surface area contributed by atoms with Crippen LogP contribution in [0.15, 0.2) is 12.1 Å². The zero-order chi connectivity index (χ0) is 15.7. The normalized spacial score (nSPS) is 22.3. The molecule has 0 saturated carbocycles. The molecule has 2 rings (SSSR count). The van der Waals surface area contributed by atoms with Gasteiger partial charge in [-0.2, -0.15) is 0 Å². The highest BCUT2D eigenvalue weighted by molar-refractivity contribution is 5.88. The standard InChI is InChI=1S/C15H22N2O4/c1-14(2,3)11-6-10(13(18)19)7-12(17-11)16-8-15(20)4-5-21-9-15/h6-7,20H,4-5,8-9H2,1-3H3,(H,16,17)(H,18,19). The highest BCUT2D eigenvalue weighted by atomic mass is 16.5. The predicted octanol–water partition coefficient (Wildman–Crippen LogP) is 1.64. The van der Waals surface area contributed by atoms with E-state index in [0.717, 1.165) is 0 Å². The highest BCUT2D eigenvalue weighted by Gasteiger charge is 2.32. The lowest BCUT2D eigenvalue weighted by molar-refractivity contribution is 0.0381. The van der Waals surface area contributed by atoms with E-state index in [1.54, 1.807) is 6.07 Å². The molecule has 1 aromatic rings. The van der Waals surface area contributed by atoms with Crippen molar-refractivity contribution >= 4 is 11.8 Å². The maximum absolute atomic E-state index is 11.2. The van der Waals surface area contributed by atoms with E-state index in [1.165, 1.54) is 6.07 Å². The molecule has 0 radical (unpaired) electrons. The lowest BCUT2D eigenvalue weighted by atomic mass is 9.90. The van der Waals surface area contributed by atoms with Crippen LogP contribution in [-0.2, 0) is 10.2 Å². The van der Waals surface area contributed by atoms with Crippen molar-refractivity contribution in [2.75, 3.05) is 25.1 Å². The number of aromatic carboxylic acids is 1. The van der Waals surface area contributed by atoms with Gasteiger partial charge in [-0.1, -0.05) is 20.8 Å². The number of nitrogens with one attached hydrogen (secondary N) is 1. The van der Waals surface area contributed by atoms with Gasteiger partial charge in [-0.25, -0.2) is 9.78 Å². The molecule has 0 bridgehead atoms. The van der Waals surface area contributed by atoms with Crippen molar-refractivity contribution in [1.82, 2.24) is 4.98 Å². The van der Waals surface area contributed by atoms with E-state index in [4.69, 9.17) is 4.74 Å². The molecule has 0 aromatic carbocycles. The van der Waals surface area contributed by atoms with Gasteiger partial charge in [0.05, 0.1) is 12.2 Å². The van der Waals surface area contributed by atoms with E-state index in [2.05, 4.69) is 10.3 Å². The summed E-state index contributed by atoms with van der Waals surface area (Å²) in [4.78, 5) is 15.7. The van der Waals surface area contributed by atoms with Gasteiger partial charge in [-0.3, -0.25) is 0 Å². The molecule has 21 heavy (non-hydrogen) atoms. The number of aliphatic hydroxyl groups is 1. The van der Waals surface area contributed by atoms with E-state index >= 15 is 0 Å². The molecule has 6 heteroatoms. The molecule has 1 unspecified atom stereocenters. The van der Waals surface area contributed by atoms with Crippen molar-refractivity contribution in [2.24, 2.45) is 0 Å². The number of carbonyl (C=O) groups is 1. The first kappa shape index (κ1) is 15.7. The van der Waals surface area contributed by atoms with Gasteiger partial charge in [0.15, 0.2) is 0 Å². The Morgan fingerprint density at radius 3 is 2.71 bits per heavy atom. The number of anilines is 1. The monoisotopic (exact) mass is 294 g/mol. The lowest BCUT2D eigenvalue weighted by Crippen LogP contribution is -2.37. The second-order valence-corrected chi connectivity index (χ2v) is 6.56. The lowest BCUT2D eigenvalue weighted by Gasteiger charge is -2.23. The molecule has 3 N–H and O–H groups in total. The van der Waals surface area contributed by atoms with Crippen LogP contribution in [0.4, 0.5) is 5.82 Å². The minimum absolute atomic E-state index is 0.187.